The lowest BCUT2D eigenvalue weighted by molar-refractivity contribution is 0.411. The van der Waals surface area contributed by atoms with E-state index in [0.29, 0.717) is 5.88 Å². The zero-order valence-electron chi connectivity index (χ0n) is 8.14. The predicted octanol–water partition coefficient (Wildman–Crippen LogP) is 3.39. The molecule has 0 atom stereocenters. The van der Waals surface area contributed by atoms with Gasteiger partial charge in [-0.05, 0) is 18.1 Å². The molecule has 0 amide bonds. The van der Waals surface area contributed by atoms with Gasteiger partial charge in [0.05, 0.1) is 13.0 Å². The van der Waals surface area contributed by atoms with E-state index in [0.717, 1.165) is 24.2 Å². The second-order valence-electron chi connectivity index (χ2n) is 3.03. The molecule has 0 aromatic heterocycles. The van der Waals surface area contributed by atoms with Crippen LogP contribution in [0.4, 0.5) is 0 Å². The molecule has 1 aromatic rings. The molecule has 0 heterocycles. The van der Waals surface area contributed by atoms with Gasteiger partial charge in [-0.1, -0.05) is 25.5 Å². The minimum atomic E-state index is 0.515. The zero-order valence-corrected chi connectivity index (χ0v) is 8.90. The quantitative estimate of drug-likeness (QED) is 0.674. The SMILES string of the molecule is CCCc1ccc(OC)c(CCl)c1. The Morgan fingerprint density at radius 2 is 2.15 bits per heavy atom. The number of hydrogen-bond donors (Lipinski definition) is 0. The van der Waals surface area contributed by atoms with Crippen molar-refractivity contribution in [2.24, 2.45) is 0 Å². The van der Waals surface area contributed by atoms with Crippen molar-refractivity contribution in [3.63, 3.8) is 0 Å². The zero-order chi connectivity index (χ0) is 9.68. The molecule has 0 unspecified atom stereocenters. The van der Waals surface area contributed by atoms with Gasteiger partial charge in [-0.2, -0.15) is 0 Å². The van der Waals surface area contributed by atoms with Gasteiger partial charge < -0.3 is 4.74 Å². The average Bonchev–Trinajstić information content (AvgIpc) is 2.18. The van der Waals surface area contributed by atoms with Crippen LogP contribution in [-0.2, 0) is 12.3 Å². The Labute approximate surface area is 84.7 Å². The van der Waals surface area contributed by atoms with Crippen molar-refractivity contribution in [1.82, 2.24) is 0 Å². The first-order chi connectivity index (χ1) is 6.31. The number of halogens is 1. The Morgan fingerprint density at radius 3 is 2.69 bits per heavy atom. The smallest absolute Gasteiger partial charge is 0.123 e. The lowest BCUT2D eigenvalue weighted by Gasteiger charge is -2.07. The van der Waals surface area contributed by atoms with E-state index >= 15 is 0 Å². The van der Waals surface area contributed by atoms with Crippen molar-refractivity contribution < 1.29 is 4.74 Å². The number of hydrogen-bond acceptors (Lipinski definition) is 1. The number of rotatable bonds is 4. The lowest BCUT2D eigenvalue weighted by atomic mass is 10.1. The molecule has 0 aliphatic rings. The lowest BCUT2D eigenvalue weighted by Crippen LogP contribution is -1.92. The molecule has 1 aromatic carbocycles. The van der Waals surface area contributed by atoms with Crippen LogP contribution in [0.1, 0.15) is 24.5 Å². The third kappa shape index (κ3) is 2.63. The van der Waals surface area contributed by atoms with Crippen molar-refractivity contribution in [2.45, 2.75) is 25.6 Å². The van der Waals surface area contributed by atoms with E-state index in [9.17, 15) is 0 Å². The van der Waals surface area contributed by atoms with E-state index in [1.165, 1.54) is 5.56 Å². The minimum Gasteiger partial charge on any atom is -0.496 e. The standard InChI is InChI=1S/C11H15ClO/c1-3-4-9-5-6-11(13-2)10(7-9)8-12/h5-7H,3-4,8H2,1-2H3. The number of benzene rings is 1. The molecule has 0 saturated carbocycles. The molecule has 0 radical (unpaired) electrons. The molecular formula is C11H15ClO. The van der Waals surface area contributed by atoms with Crippen LogP contribution in [0.3, 0.4) is 0 Å². The maximum absolute atomic E-state index is 5.80. The molecule has 0 aliphatic carbocycles. The first kappa shape index (κ1) is 10.4. The van der Waals surface area contributed by atoms with E-state index < -0.39 is 0 Å². The number of aryl methyl sites for hydroxylation is 1. The molecule has 0 aliphatic heterocycles. The van der Waals surface area contributed by atoms with Crippen LogP contribution in [0.5, 0.6) is 5.75 Å². The molecule has 13 heavy (non-hydrogen) atoms. The van der Waals surface area contributed by atoms with Crippen LogP contribution < -0.4 is 4.74 Å². The molecule has 1 rings (SSSR count). The van der Waals surface area contributed by atoms with Gasteiger partial charge in [0.1, 0.15) is 5.75 Å². The highest BCUT2D eigenvalue weighted by Crippen LogP contribution is 2.22. The van der Waals surface area contributed by atoms with Crippen molar-refractivity contribution in [3.8, 4) is 5.75 Å². The van der Waals surface area contributed by atoms with Crippen LogP contribution in [0.25, 0.3) is 0 Å². The van der Waals surface area contributed by atoms with Crippen LogP contribution in [-0.4, -0.2) is 7.11 Å². The van der Waals surface area contributed by atoms with E-state index in [4.69, 9.17) is 16.3 Å². The molecular weight excluding hydrogens is 184 g/mol. The Hall–Kier alpha value is -0.690. The maximum Gasteiger partial charge on any atom is 0.123 e. The minimum absolute atomic E-state index is 0.515. The summed E-state index contributed by atoms with van der Waals surface area (Å²) in [4.78, 5) is 0. The highest BCUT2D eigenvalue weighted by atomic mass is 35.5. The Morgan fingerprint density at radius 1 is 1.38 bits per heavy atom. The summed E-state index contributed by atoms with van der Waals surface area (Å²) in [5, 5.41) is 0. The summed E-state index contributed by atoms with van der Waals surface area (Å²) < 4.78 is 5.18. The summed E-state index contributed by atoms with van der Waals surface area (Å²) in [6, 6.07) is 6.20. The fourth-order valence-corrected chi connectivity index (χ4v) is 1.59. The van der Waals surface area contributed by atoms with E-state index in [1.807, 2.05) is 6.07 Å². The first-order valence-corrected chi connectivity index (χ1v) is 5.07. The summed E-state index contributed by atoms with van der Waals surface area (Å²) in [5.41, 5.74) is 2.41. The van der Waals surface area contributed by atoms with E-state index in [2.05, 4.69) is 19.1 Å². The third-order valence-corrected chi connectivity index (χ3v) is 2.32. The second-order valence-corrected chi connectivity index (χ2v) is 3.30. The van der Waals surface area contributed by atoms with Gasteiger partial charge in [-0.15, -0.1) is 11.6 Å². The second kappa shape index (κ2) is 5.13. The highest BCUT2D eigenvalue weighted by Gasteiger charge is 2.02. The van der Waals surface area contributed by atoms with Gasteiger partial charge >= 0.3 is 0 Å². The third-order valence-electron chi connectivity index (χ3n) is 2.03. The summed E-state index contributed by atoms with van der Waals surface area (Å²) in [7, 11) is 1.67. The summed E-state index contributed by atoms with van der Waals surface area (Å²) >= 11 is 5.80. The van der Waals surface area contributed by atoms with Gasteiger partial charge in [0.2, 0.25) is 0 Å². The number of methoxy groups -OCH3 is 1. The monoisotopic (exact) mass is 198 g/mol. The molecule has 0 spiro atoms. The first-order valence-electron chi connectivity index (χ1n) is 4.53. The van der Waals surface area contributed by atoms with E-state index in [-0.39, 0.29) is 0 Å². The van der Waals surface area contributed by atoms with E-state index in [1.54, 1.807) is 7.11 Å². The summed E-state index contributed by atoms with van der Waals surface area (Å²) in [5.74, 6) is 1.40. The largest absolute Gasteiger partial charge is 0.496 e. The molecule has 72 valence electrons. The molecule has 1 nitrogen and oxygen atoms in total. The van der Waals surface area contributed by atoms with Crippen molar-refractivity contribution >= 4 is 11.6 Å². The van der Waals surface area contributed by atoms with Gasteiger partial charge in [-0.3, -0.25) is 0 Å². The normalized spacial score (nSPS) is 10.1. The van der Waals surface area contributed by atoms with Crippen molar-refractivity contribution in [1.29, 1.82) is 0 Å². The molecule has 0 fully saturated rings. The topological polar surface area (TPSA) is 9.23 Å². The molecule has 0 N–H and O–H groups in total. The van der Waals surface area contributed by atoms with Crippen molar-refractivity contribution in [3.05, 3.63) is 29.3 Å². The number of ether oxygens (including phenoxy) is 1. The summed E-state index contributed by atoms with van der Waals surface area (Å²) in [6.45, 7) is 2.17. The Kier molecular flexibility index (Phi) is 4.10. The van der Waals surface area contributed by atoms with Gasteiger partial charge in [-0.25, -0.2) is 0 Å². The van der Waals surface area contributed by atoms with Gasteiger partial charge in [0.25, 0.3) is 0 Å². The fourth-order valence-electron chi connectivity index (χ4n) is 1.38. The Balaban J connectivity index is 2.91. The van der Waals surface area contributed by atoms with Crippen molar-refractivity contribution in [2.75, 3.05) is 7.11 Å². The van der Waals surface area contributed by atoms with Crippen LogP contribution >= 0.6 is 11.6 Å². The Bertz CT molecular complexity index is 271. The average molecular weight is 199 g/mol. The van der Waals surface area contributed by atoms with Gasteiger partial charge in [0, 0.05) is 5.56 Å². The molecule has 0 bridgehead atoms. The number of alkyl halides is 1. The maximum atomic E-state index is 5.80. The molecule has 0 saturated heterocycles. The summed E-state index contributed by atoms with van der Waals surface area (Å²) in [6.07, 6.45) is 2.27. The van der Waals surface area contributed by atoms with Crippen LogP contribution in [0.2, 0.25) is 0 Å². The molecule has 2 heteroatoms. The van der Waals surface area contributed by atoms with Gasteiger partial charge in [0.15, 0.2) is 0 Å². The van der Waals surface area contributed by atoms with Crippen LogP contribution in [0, 0.1) is 0 Å². The highest BCUT2D eigenvalue weighted by molar-refractivity contribution is 6.17. The fraction of sp³-hybridized carbons (Fsp3) is 0.455. The predicted molar refractivity (Wildman–Crippen MR) is 56.5 cm³/mol. The van der Waals surface area contributed by atoms with Crippen LogP contribution in [0.15, 0.2) is 18.2 Å².